The summed E-state index contributed by atoms with van der Waals surface area (Å²) in [4.78, 5) is 10.7. The number of carboxylic acids is 1. The molecule has 1 aliphatic carbocycles. The molecule has 0 aromatic carbocycles. The molecular formula is C11H21NO2. The Kier molecular flexibility index (Phi) is 3.93. The van der Waals surface area contributed by atoms with E-state index in [2.05, 4.69) is 6.92 Å². The minimum Gasteiger partial charge on any atom is -0.481 e. The second-order valence-electron chi connectivity index (χ2n) is 4.67. The summed E-state index contributed by atoms with van der Waals surface area (Å²) in [5.41, 5.74) is 5.62. The Labute approximate surface area is 85.7 Å². The highest BCUT2D eigenvalue weighted by molar-refractivity contribution is 5.67. The van der Waals surface area contributed by atoms with Gasteiger partial charge < -0.3 is 10.8 Å². The number of rotatable bonds is 5. The highest BCUT2D eigenvalue weighted by Crippen LogP contribution is 2.45. The fourth-order valence-electron chi connectivity index (χ4n) is 2.72. The predicted molar refractivity (Wildman–Crippen MR) is 56.0 cm³/mol. The largest absolute Gasteiger partial charge is 0.481 e. The molecule has 0 bridgehead atoms. The molecule has 3 heteroatoms. The maximum Gasteiger partial charge on any atom is 0.303 e. The van der Waals surface area contributed by atoms with E-state index in [4.69, 9.17) is 10.8 Å². The predicted octanol–water partition coefficient (Wildman–Crippen LogP) is 2.01. The zero-order chi connectivity index (χ0) is 10.6. The molecule has 14 heavy (non-hydrogen) atoms. The van der Waals surface area contributed by atoms with Gasteiger partial charge >= 0.3 is 5.97 Å². The average molecular weight is 199 g/mol. The first-order valence-corrected chi connectivity index (χ1v) is 5.54. The second-order valence-corrected chi connectivity index (χ2v) is 4.67. The van der Waals surface area contributed by atoms with Crippen molar-refractivity contribution in [2.75, 3.05) is 6.54 Å². The summed E-state index contributed by atoms with van der Waals surface area (Å²) in [5.74, 6) is 0.00972. The van der Waals surface area contributed by atoms with E-state index in [1.807, 2.05) is 0 Å². The SMILES string of the molecule is CCC[C@@H]1CC[C@@](CN)(CC(=O)O)C1. The summed E-state index contributed by atoms with van der Waals surface area (Å²) in [6.07, 6.45) is 5.85. The molecule has 82 valence electrons. The van der Waals surface area contributed by atoms with E-state index in [1.54, 1.807) is 0 Å². The van der Waals surface area contributed by atoms with Gasteiger partial charge in [0.15, 0.2) is 0 Å². The summed E-state index contributed by atoms with van der Waals surface area (Å²) in [6, 6.07) is 0. The molecule has 3 nitrogen and oxygen atoms in total. The highest BCUT2D eigenvalue weighted by atomic mass is 16.4. The molecule has 0 unspecified atom stereocenters. The van der Waals surface area contributed by atoms with Crippen LogP contribution in [0.4, 0.5) is 0 Å². The topological polar surface area (TPSA) is 63.3 Å². The molecule has 0 radical (unpaired) electrons. The first kappa shape index (κ1) is 11.5. The van der Waals surface area contributed by atoms with Crippen molar-refractivity contribution < 1.29 is 9.90 Å². The lowest BCUT2D eigenvalue weighted by Crippen LogP contribution is -2.30. The van der Waals surface area contributed by atoms with Crippen LogP contribution in [0.25, 0.3) is 0 Å². The molecule has 3 N–H and O–H groups in total. The zero-order valence-corrected chi connectivity index (χ0v) is 8.96. The van der Waals surface area contributed by atoms with E-state index in [0.29, 0.717) is 12.5 Å². The number of carbonyl (C=O) groups is 1. The van der Waals surface area contributed by atoms with Crippen LogP contribution < -0.4 is 5.73 Å². The van der Waals surface area contributed by atoms with Gasteiger partial charge in [-0.2, -0.15) is 0 Å². The normalized spacial score (nSPS) is 32.0. The molecule has 0 saturated heterocycles. The van der Waals surface area contributed by atoms with Gasteiger partial charge in [-0.05, 0) is 37.1 Å². The number of hydrogen-bond donors (Lipinski definition) is 2. The van der Waals surface area contributed by atoms with E-state index in [-0.39, 0.29) is 11.8 Å². The lowest BCUT2D eigenvalue weighted by Gasteiger charge is -2.25. The van der Waals surface area contributed by atoms with Gasteiger partial charge in [0, 0.05) is 0 Å². The smallest absolute Gasteiger partial charge is 0.303 e. The molecule has 1 aliphatic rings. The summed E-state index contributed by atoms with van der Waals surface area (Å²) < 4.78 is 0. The van der Waals surface area contributed by atoms with Gasteiger partial charge in [-0.25, -0.2) is 0 Å². The lowest BCUT2D eigenvalue weighted by atomic mass is 9.81. The molecule has 0 spiro atoms. The van der Waals surface area contributed by atoms with Crippen LogP contribution in [-0.2, 0) is 4.79 Å². The van der Waals surface area contributed by atoms with Gasteiger partial charge in [0.25, 0.3) is 0 Å². The third kappa shape index (κ3) is 2.71. The quantitative estimate of drug-likeness (QED) is 0.712. The van der Waals surface area contributed by atoms with Crippen molar-refractivity contribution in [2.24, 2.45) is 17.1 Å². The standard InChI is InChI=1S/C11H21NO2/c1-2-3-9-4-5-11(6-9,8-12)7-10(13)14/h9H,2-8,12H2,1H3,(H,13,14)/t9-,11+/m1/s1. The van der Waals surface area contributed by atoms with E-state index < -0.39 is 5.97 Å². The summed E-state index contributed by atoms with van der Waals surface area (Å²) in [7, 11) is 0. The molecule has 1 saturated carbocycles. The minimum absolute atomic E-state index is 0.0916. The molecule has 2 atom stereocenters. The first-order valence-electron chi connectivity index (χ1n) is 5.54. The fourth-order valence-corrected chi connectivity index (χ4v) is 2.72. The Morgan fingerprint density at radius 2 is 2.36 bits per heavy atom. The zero-order valence-electron chi connectivity index (χ0n) is 8.96. The molecule has 0 amide bonds. The van der Waals surface area contributed by atoms with Crippen LogP contribution in [0.15, 0.2) is 0 Å². The van der Waals surface area contributed by atoms with Gasteiger partial charge in [0.2, 0.25) is 0 Å². The number of nitrogens with two attached hydrogens (primary N) is 1. The van der Waals surface area contributed by atoms with Crippen molar-refractivity contribution in [1.82, 2.24) is 0 Å². The van der Waals surface area contributed by atoms with Crippen molar-refractivity contribution >= 4 is 5.97 Å². The number of carboxylic acid groups (broad SMARTS) is 1. The highest BCUT2D eigenvalue weighted by Gasteiger charge is 2.39. The van der Waals surface area contributed by atoms with E-state index >= 15 is 0 Å². The van der Waals surface area contributed by atoms with Crippen LogP contribution in [0.2, 0.25) is 0 Å². The van der Waals surface area contributed by atoms with Gasteiger partial charge in [0.05, 0.1) is 6.42 Å². The van der Waals surface area contributed by atoms with Crippen molar-refractivity contribution in [3.63, 3.8) is 0 Å². The van der Waals surface area contributed by atoms with E-state index in [0.717, 1.165) is 12.8 Å². The van der Waals surface area contributed by atoms with E-state index in [1.165, 1.54) is 19.3 Å². The van der Waals surface area contributed by atoms with Gasteiger partial charge in [-0.3, -0.25) is 4.79 Å². The average Bonchev–Trinajstić information content (AvgIpc) is 2.49. The molecular weight excluding hydrogens is 178 g/mol. The van der Waals surface area contributed by atoms with Crippen LogP contribution in [0, 0.1) is 11.3 Å². The first-order chi connectivity index (χ1) is 6.62. The summed E-state index contributed by atoms with van der Waals surface area (Å²) >= 11 is 0. The van der Waals surface area contributed by atoms with Gasteiger partial charge in [-0.15, -0.1) is 0 Å². The van der Waals surface area contributed by atoms with Crippen molar-refractivity contribution in [2.45, 2.75) is 45.4 Å². The van der Waals surface area contributed by atoms with E-state index in [9.17, 15) is 4.79 Å². The minimum atomic E-state index is -0.701. The third-order valence-corrected chi connectivity index (χ3v) is 3.46. The Balaban J connectivity index is 2.52. The molecule has 1 fully saturated rings. The number of hydrogen-bond acceptors (Lipinski definition) is 2. The molecule has 1 rings (SSSR count). The Morgan fingerprint density at radius 3 is 2.86 bits per heavy atom. The molecule has 0 aromatic heterocycles. The van der Waals surface area contributed by atoms with Crippen LogP contribution >= 0.6 is 0 Å². The summed E-state index contributed by atoms with van der Waals surface area (Å²) in [6.45, 7) is 2.71. The molecule has 0 aliphatic heterocycles. The second kappa shape index (κ2) is 4.78. The maximum absolute atomic E-state index is 10.7. The monoisotopic (exact) mass is 199 g/mol. The van der Waals surface area contributed by atoms with Gasteiger partial charge in [0.1, 0.15) is 0 Å². The van der Waals surface area contributed by atoms with Crippen molar-refractivity contribution in [1.29, 1.82) is 0 Å². The van der Waals surface area contributed by atoms with Crippen LogP contribution in [0.5, 0.6) is 0 Å². The van der Waals surface area contributed by atoms with Crippen LogP contribution in [0.3, 0.4) is 0 Å². The van der Waals surface area contributed by atoms with Crippen LogP contribution in [-0.4, -0.2) is 17.6 Å². The van der Waals surface area contributed by atoms with Crippen LogP contribution in [0.1, 0.15) is 45.4 Å². The van der Waals surface area contributed by atoms with Crippen molar-refractivity contribution in [3.8, 4) is 0 Å². The Morgan fingerprint density at radius 1 is 1.64 bits per heavy atom. The van der Waals surface area contributed by atoms with Gasteiger partial charge in [-0.1, -0.05) is 19.8 Å². The Bertz CT molecular complexity index is 205. The fraction of sp³-hybridized carbons (Fsp3) is 0.909. The lowest BCUT2D eigenvalue weighted by molar-refractivity contribution is -0.139. The van der Waals surface area contributed by atoms with Crippen molar-refractivity contribution in [3.05, 3.63) is 0 Å². The summed E-state index contributed by atoms with van der Waals surface area (Å²) in [5, 5.41) is 8.83. The third-order valence-electron chi connectivity index (χ3n) is 3.46. The number of aliphatic carboxylic acids is 1. The Hall–Kier alpha value is -0.570. The maximum atomic E-state index is 10.7. The molecule has 0 heterocycles. The molecule has 0 aromatic rings.